The van der Waals surface area contributed by atoms with Crippen molar-refractivity contribution in [1.82, 2.24) is 24.9 Å². The molecule has 2 saturated heterocycles. The molecule has 42 heavy (non-hydrogen) atoms. The Bertz CT molecular complexity index is 1350. The Morgan fingerprint density at radius 2 is 2.00 bits per heavy atom. The van der Waals surface area contributed by atoms with Gasteiger partial charge >= 0.3 is 0 Å². The maximum atomic E-state index is 12.1. The molecule has 0 atom stereocenters. The second-order valence-corrected chi connectivity index (χ2v) is 11.6. The van der Waals surface area contributed by atoms with Gasteiger partial charge in [-0.25, -0.2) is 15.0 Å². The lowest BCUT2D eigenvalue weighted by Gasteiger charge is -2.46. The molecule has 2 fully saturated rings. The summed E-state index contributed by atoms with van der Waals surface area (Å²) in [6.45, 7) is 14.9. The van der Waals surface area contributed by atoms with Crippen LogP contribution in [0.3, 0.4) is 0 Å². The van der Waals surface area contributed by atoms with E-state index in [1.165, 1.54) is 43.0 Å². The summed E-state index contributed by atoms with van der Waals surface area (Å²) in [6, 6.07) is 6.39. The molecule has 1 spiro atoms. The quantitative estimate of drug-likeness (QED) is 0.101. The minimum atomic E-state index is 0.0942. The predicted molar refractivity (Wildman–Crippen MR) is 169 cm³/mol. The maximum Gasteiger partial charge on any atom is 0.229 e. The van der Waals surface area contributed by atoms with Crippen molar-refractivity contribution in [2.75, 3.05) is 69.1 Å². The van der Waals surface area contributed by atoms with Gasteiger partial charge in [0, 0.05) is 75.8 Å². The van der Waals surface area contributed by atoms with Crippen LogP contribution in [0.2, 0.25) is 0 Å². The second kappa shape index (κ2) is 13.3. The molecule has 11 heteroatoms. The standard InChI is InChI=1S/C31H43N9O2/c1-8-14-37(6)40(28(10-9-16-41)35-38(7)23(2)3)29-25(19-42)18-32-30(34-29)33-26-11-12-27(24(4)17-26)39-15-13-31(22-39)20-36(5)21-31/h8-12,16-19,23H,1,13-15,20-22H2,2-7H3,(H,32,33,34)/b10-9-,35-28+. The molecule has 2 aliphatic heterocycles. The van der Waals surface area contributed by atoms with Crippen molar-refractivity contribution >= 4 is 41.5 Å². The van der Waals surface area contributed by atoms with E-state index in [0.29, 0.717) is 42.1 Å². The number of anilines is 4. The van der Waals surface area contributed by atoms with Crippen molar-refractivity contribution in [3.63, 3.8) is 0 Å². The van der Waals surface area contributed by atoms with Gasteiger partial charge in [-0.05, 0) is 70.2 Å². The number of hydrogen-bond acceptors (Lipinski definition) is 10. The fraction of sp³-hybridized carbons (Fsp3) is 0.452. The Labute approximate surface area is 249 Å². The lowest BCUT2D eigenvalue weighted by molar-refractivity contribution is -0.104. The molecule has 2 aliphatic rings. The van der Waals surface area contributed by atoms with Crippen LogP contribution in [0.1, 0.15) is 36.2 Å². The van der Waals surface area contributed by atoms with Crippen LogP contribution in [0.5, 0.6) is 0 Å². The summed E-state index contributed by atoms with van der Waals surface area (Å²) in [7, 11) is 5.86. The fourth-order valence-corrected chi connectivity index (χ4v) is 5.67. The van der Waals surface area contributed by atoms with Crippen LogP contribution < -0.4 is 15.2 Å². The van der Waals surface area contributed by atoms with Gasteiger partial charge < -0.3 is 15.1 Å². The van der Waals surface area contributed by atoms with E-state index in [4.69, 9.17) is 10.1 Å². The van der Waals surface area contributed by atoms with Crippen molar-refractivity contribution in [1.29, 1.82) is 0 Å². The normalized spacial score (nSPS) is 16.8. The number of hydrogen-bond donors (Lipinski definition) is 1. The van der Waals surface area contributed by atoms with Crippen LogP contribution in [0.25, 0.3) is 0 Å². The van der Waals surface area contributed by atoms with Gasteiger partial charge in [-0.15, -0.1) is 6.58 Å². The average molecular weight is 574 g/mol. The van der Waals surface area contributed by atoms with E-state index < -0.39 is 0 Å². The van der Waals surface area contributed by atoms with Crippen LogP contribution in [-0.4, -0.2) is 103 Å². The number of carbonyl (C=O) groups excluding carboxylic acids is 2. The number of rotatable bonds is 12. The molecule has 224 valence electrons. The summed E-state index contributed by atoms with van der Waals surface area (Å²) in [5, 5.41) is 13.3. The van der Waals surface area contributed by atoms with Crippen LogP contribution in [-0.2, 0) is 4.79 Å². The van der Waals surface area contributed by atoms with Gasteiger partial charge in [0.1, 0.15) is 6.29 Å². The predicted octanol–water partition coefficient (Wildman–Crippen LogP) is 3.73. The SMILES string of the molecule is C=CCN(C)N(C(/C=C\C=O)=N/N(C)C(C)C)c1nc(Nc2ccc(N3CCC4(CN(C)C4)C3)c(C)c2)ncc1C=O. The number of hydrazone groups is 1. The molecule has 1 aromatic carbocycles. The van der Waals surface area contributed by atoms with Gasteiger partial charge in [-0.3, -0.25) is 14.6 Å². The number of aldehydes is 2. The number of amidine groups is 1. The van der Waals surface area contributed by atoms with Crippen molar-refractivity contribution in [2.45, 2.75) is 33.2 Å². The van der Waals surface area contributed by atoms with E-state index in [0.717, 1.165) is 18.8 Å². The molecule has 3 heterocycles. The van der Waals surface area contributed by atoms with E-state index in [1.54, 1.807) is 22.2 Å². The van der Waals surface area contributed by atoms with Gasteiger partial charge in [0.2, 0.25) is 5.95 Å². The number of likely N-dealkylation sites (N-methyl/N-ethyl adjacent to an activating group) is 1. The summed E-state index contributed by atoms with van der Waals surface area (Å²) in [4.78, 5) is 37.5. The molecule has 0 bridgehead atoms. The number of aryl methyl sites for hydroxylation is 1. The highest BCUT2D eigenvalue weighted by molar-refractivity contribution is 6.07. The number of nitrogens with zero attached hydrogens (tertiary/aromatic N) is 8. The van der Waals surface area contributed by atoms with E-state index in [1.807, 2.05) is 39.0 Å². The number of likely N-dealkylation sites (tertiary alicyclic amines) is 1. The Morgan fingerprint density at radius 3 is 2.62 bits per heavy atom. The van der Waals surface area contributed by atoms with E-state index >= 15 is 0 Å². The first-order chi connectivity index (χ1) is 20.1. The summed E-state index contributed by atoms with van der Waals surface area (Å²) < 4.78 is 0. The number of hydrazine groups is 1. The number of benzene rings is 1. The molecule has 0 amide bonds. The summed E-state index contributed by atoms with van der Waals surface area (Å²) in [6.07, 6.45) is 8.79. The lowest BCUT2D eigenvalue weighted by Crippen LogP contribution is -2.55. The third-order valence-corrected chi connectivity index (χ3v) is 7.85. The van der Waals surface area contributed by atoms with Crippen LogP contribution >= 0.6 is 0 Å². The largest absolute Gasteiger partial charge is 0.371 e. The zero-order chi connectivity index (χ0) is 30.4. The first-order valence-electron chi connectivity index (χ1n) is 14.3. The molecule has 0 saturated carbocycles. The number of aromatic nitrogens is 2. The third kappa shape index (κ3) is 6.85. The number of nitrogens with one attached hydrogen (secondary N) is 1. The topological polar surface area (TPSA) is 101 Å². The molecule has 4 rings (SSSR count). The Kier molecular flexibility index (Phi) is 9.74. The van der Waals surface area contributed by atoms with Gasteiger partial charge in [0.25, 0.3) is 0 Å². The average Bonchev–Trinajstić information content (AvgIpc) is 3.36. The minimum absolute atomic E-state index is 0.0942. The monoisotopic (exact) mass is 573 g/mol. The van der Waals surface area contributed by atoms with Gasteiger partial charge in [0.05, 0.1) is 5.56 Å². The minimum Gasteiger partial charge on any atom is -0.371 e. The van der Waals surface area contributed by atoms with E-state index in [2.05, 4.69) is 52.8 Å². The fourth-order valence-electron chi connectivity index (χ4n) is 5.67. The van der Waals surface area contributed by atoms with Crippen LogP contribution in [0.15, 0.2) is 54.3 Å². The van der Waals surface area contributed by atoms with E-state index in [9.17, 15) is 9.59 Å². The Balaban J connectivity index is 1.65. The van der Waals surface area contributed by atoms with Gasteiger partial charge in [0.15, 0.2) is 17.9 Å². The summed E-state index contributed by atoms with van der Waals surface area (Å²) >= 11 is 0. The summed E-state index contributed by atoms with van der Waals surface area (Å²) in [5.41, 5.74) is 3.97. The number of carbonyl (C=O) groups is 2. The van der Waals surface area contributed by atoms with E-state index in [-0.39, 0.29) is 11.6 Å². The zero-order valence-electron chi connectivity index (χ0n) is 25.6. The highest BCUT2D eigenvalue weighted by Crippen LogP contribution is 2.41. The van der Waals surface area contributed by atoms with Crippen LogP contribution in [0.4, 0.5) is 23.1 Å². The molecule has 0 unspecified atom stereocenters. The smallest absolute Gasteiger partial charge is 0.229 e. The molecule has 0 aliphatic carbocycles. The van der Waals surface area contributed by atoms with Crippen molar-refractivity contribution in [2.24, 2.45) is 10.5 Å². The lowest BCUT2D eigenvalue weighted by atomic mass is 9.79. The van der Waals surface area contributed by atoms with Crippen LogP contribution in [0, 0.1) is 12.3 Å². The Morgan fingerprint density at radius 1 is 1.24 bits per heavy atom. The molecular weight excluding hydrogens is 530 g/mol. The van der Waals surface area contributed by atoms with Gasteiger partial charge in [-0.1, -0.05) is 6.08 Å². The zero-order valence-corrected chi connectivity index (χ0v) is 25.6. The summed E-state index contributed by atoms with van der Waals surface area (Å²) in [5.74, 6) is 1.05. The second-order valence-electron chi connectivity index (χ2n) is 11.6. The third-order valence-electron chi connectivity index (χ3n) is 7.85. The van der Waals surface area contributed by atoms with Crippen molar-refractivity contribution in [3.05, 3.63) is 60.3 Å². The maximum absolute atomic E-state index is 12.1. The molecule has 2 aromatic rings. The first-order valence-corrected chi connectivity index (χ1v) is 14.3. The van der Waals surface area contributed by atoms with Gasteiger partial charge in [-0.2, -0.15) is 10.1 Å². The van der Waals surface area contributed by atoms with Crippen molar-refractivity contribution < 1.29 is 9.59 Å². The molecule has 11 nitrogen and oxygen atoms in total. The first kappa shape index (κ1) is 30.9. The molecule has 1 aromatic heterocycles. The highest BCUT2D eigenvalue weighted by Gasteiger charge is 2.46. The molecule has 1 N–H and O–H groups in total. The highest BCUT2D eigenvalue weighted by atomic mass is 16.1. The molecule has 0 radical (unpaired) electrons. The van der Waals surface area contributed by atoms with Crippen molar-refractivity contribution in [3.8, 4) is 0 Å². The Hall–Kier alpha value is -4.09. The molecular formula is C31H43N9O2. The number of allylic oxidation sites excluding steroid dienone is 1.